The summed E-state index contributed by atoms with van der Waals surface area (Å²) in [6.07, 6.45) is 5.56. The molecular weight excluding hydrogens is 206 g/mol. The number of carbonyl (C=O) groups is 1. The zero-order valence-corrected chi connectivity index (χ0v) is 9.94. The minimum atomic E-state index is 0.0205. The van der Waals surface area contributed by atoms with Gasteiger partial charge in [0, 0.05) is 13.1 Å². The van der Waals surface area contributed by atoms with Crippen LogP contribution in [-0.2, 0) is 14.3 Å². The quantitative estimate of drug-likeness (QED) is 0.535. The monoisotopic (exact) mass is 225 g/mol. The molecule has 1 heterocycles. The molecule has 4 nitrogen and oxygen atoms in total. The van der Waals surface area contributed by atoms with Gasteiger partial charge in [0.1, 0.15) is 5.76 Å². The van der Waals surface area contributed by atoms with E-state index in [1.807, 2.05) is 32.1 Å². The van der Waals surface area contributed by atoms with Crippen LogP contribution in [0.2, 0.25) is 0 Å². The van der Waals surface area contributed by atoms with Gasteiger partial charge in [0.2, 0.25) is 0 Å². The fourth-order valence-electron chi connectivity index (χ4n) is 1.44. The molecule has 1 amide bonds. The van der Waals surface area contributed by atoms with Gasteiger partial charge in [-0.05, 0) is 26.0 Å². The van der Waals surface area contributed by atoms with E-state index in [0.717, 1.165) is 5.76 Å². The van der Waals surface area contributed by atoms with Gasteiger partial charge in [0.05, 0.1) is 13.2 Å². The molecule has 0 bridgehead atoms. The number of amides is 1. The Hall–Kier alpha value is -1.29. The molecule has 16 heavy (non-hydrogen) atoms. The summed E-state index contributed by atoms with van der Waals surface area (Å²) in [6.45, 7) is 6.47. The molecule has 0 aliphatic carbocycles. The largest absolute Gasteiger partial charge is 0.484 e. The highest BCUT2D eigenvalue weighted by molar-refractivity contribution is 5.77. The third-order valence-electron chi connectivity index (χ3n) is 2.34. The minimum Gasteiger partial charge on any atom is -0.484 e. The minimum absolute atomic E-state index is 0.0205. The van der Waals surface area contributed by atoms with Crippen LogP contribution in [0.3, 0.4) is 0 Å². The summed E-state index contributed by atoms with van der Waals surface area (Å²) in [5.74, 6) is 0.747. The summed E-state index contributed by atoms with van der Waals surface area (Å²) >= 11 is 0. The fourth-order valence-corrected chi connectivity index (χ4v) is 1.44. The molecule has 1 aliphatic rings. The van der Waals surface area contributed by atoms with Crippen molar-refractivity contribution < 1.29 is 14.3 Å². The van der Waals surface area contributed by atoms with Crippen molar-refractivity contribution in [1.29, 1.82) is 0 Å². The molecule has 0 saturated carbocycles. The molecule has 0 aromatic rings. The number of carbonyl (C=O) groups excluding carboxylic acids is 1. The molecule has 0 unspecified atom stereocenters. The Morgan fingerprint density at radius 3 is 2.62 bits per heavy atom. The van der Waals surface area contributed by atoms with E-state index in [1.54, 1.807) is 4.90 Å². The Labute approximate surface area is 96.5 Å². The predicted octanol–water partition coefficient (Wildman–Crippen LogP) is 1.34. The van der Waals surface area contributed by atoms with Crippen LogP contribution in [-0.4, -0.2) is 43.7 Å². The Morgan fingerprint density at radius 2 is 2.06 bits per heavy atom. The van der Waals surface area contributed by atoms with Crippen LogP contribution in [0, 0.1) is 0 Å². The molecule has 0 aromatic heterocycles. The van der Waals surface area contributed by atoms with Crippen molar-refractivity contribution in [3.05, 3.63) is 24.0 Å². The van der Waals surface area contributed by atoms with Gasteiger partial charge in [-0.25, -0.2) is 0 Å². The lowest BCUT2D eigenvalue weighted by Crippen LogP contribution is -2.42. The van der Waals surface area contributed by atoms with Crippen LogP contribution in [0.5, 0.6) is 0 Å². The van der Waals surface area contributed by atoms with Gasteiger partial charge in [-0.2, -0.15) is 0 Å². The first-order valence-electron chi connectivity index (χ1n) is 5.55. The van der Waals surface area contributed by atoms with Crippen molar-refractivity contribution in [3.8, 4) is 0 Å². The molecule has 0 N–H and O–H groups in total. The first-order chi connectivity index (χ1) is 7.77. The van der Waals surface area contributed by atoms with E-state index < -0.39 is 0 Å². The van der Waals surface area contributed by atoms with Gasteiger partial charge in [-0.15, -0.1) is 0 Å². The Kier molecular flexibility index (Phi) is 5.64. The normalized spacial score (nSPS) is 17.9. The van der Waals surface area contributed by atoms with Gasteiger partial charge >= 0.3 is 0 Å². The topological polar surface area (TPSA) is 38.8 Å². The molecule has 0 radical (unpaired) electrons. The van der Waals surface area contributed by atoms with E-state index in [-0.39, 0.29) is 12.5 Å². The summed E-state index contributed by atoms with van der Waals surface area (Å²) in [5, 5.41) is 0. The van der Waals surface area contributed by atoms with E-state index in [9.17, 15) is 4.79 Å². The van der Waals surface area contributed by atoms with Crippen molar-refractivity contribution in [2.24, 2.45) is 0 Å². The zero-order valence-electron chi connectivity index (χ0n) is 9.94. The predicted molar refractivity (Wildman–Crippen MR) is 61.9 cm³/mol. The molecule has 1 rings (SSSR count). The van der Waals surface area contributed by atoms with Crippen LogP contribution in [0.25, 0.3) is 0 Å². The Balaban J connectivity index is 2.33. The standard InChI is InChI=1S/C12H19NO3/c1-3-5-11(4-2)16-10-12(14)13-6-8-15-9-7-13/h3-5H,6-10H2,1-2H3/b5-3-,11-4+. The molecule has 90 valence electrons. The highest BCUT2D eigenvalue weighted by Gasteiger charge is 2.16. The van der Waals surface area contributed by atoms with E-state index in [0.29, 0.717) is 26.3 Å². The second-order valence-electron chi connectivity index (χ2n) is 3.47. The number of hydrogen-bond donors (Lipinski definition) is 0. The fraction of sp³-hybridized carbons (Fsp3) is 0.583. The van der Waals surface area contributed by atoms with Crippen molar-refractivity contribution in [1.82, 2.24) is 4.90 Å². The van der Waals surface area contributed by atoms with Crippen LogP contribution >= 0.6 is 0 Å². The average Bonchev–Trinajstić information content (AvgIpc) is 2.35. The number of rotatable bonds is 4. The lowest BCUT2D eigenvalue weighted by molar-refractivity contribution is -0.138. The second kappa shape index (κ2) is 7.06. The molecular formula is C12H19NO3. The maximum Gasteiger partial charge on any atom is 0.260 e. The Morgan fingerprint density at radius 1 is 1.38 bits per heavy atom. The van der Waals surface area contributed by atoms with Crippen LogP contribution in [0.4, 0.5) is 0 Å². The third kappa shape index (κ3) is 4.06. The van der Waals surface area contributed by atoms with E-state index in [1.165, 1.54) is 0 Å². The summed E-state index contributed by atoms with van der Waals surface area (Å²) in [6, 6.07) is 0. The first-order valence-corrected chi connectivity index (χ1v) is 5.55. The second-order valence-corrected chi connectivity index (χ2v) is 3.47. The van der Waals surface area contributed by atoms with Crippen molar-refractivity contribution >= 4 is 5.91 Å². The van der Waals surface area contributed by atoms with Gasteiger partial charge in [-0.3, -0.25) is 4.79 Å². The summed E-state index contributed by atoms with van der Waals surface area (Å²) in [7, 11) is 0. The van der Waals surface area contributed by atoms with Gasteiger partial charge in [0.15, 0.2) is 6.61 Å². The molecule has 1 aliphatic heterocycles. The third-order valence-corrected chi connectivity index (χ3v) is 2.34. The molecule has 0 spiro atoms. The zero-order chi connectivity index (χ0) is 11.8. The van der Waals surface area contributed by atoms with Gasteiger partial charge in [-0.1, -0.05) is 6.08 Å². The SMILES string of the molecule is C/C=C\C(=C/C)OCC(=O)N1CCOCC1. The summed E-state index contributed by atoms with van der Waals surface area (Å²) in [4.78, 5) is 13.5. The molecule has 1 saturated heterocycles. The molecule has 1 fully saturated rings. The van der Waals surface area contributed by atoms with E-state index in [4.69, 9.17) is 9.47 Å². The number of hydrogen-bond acceptors (Lipinski definition) is 3. The number of allylic oxidation sites excluding steroid dienone is 3. The lowest BCUT2D eigenvalue weighted by Gasteiger charge is -2.26. The first kappa shape index (κ1) is 12.8. The molecule has 0 aromatic carbocycles. The Bertz CT molecular complexity index is 278. The average molecular weight is 225 g/mol. The van der Waals surface area contributed by atoms with Crippen LogP contribution < -0.4 is 0 Å². The maximum atomic E-state index is 11.7. The van der Waals surface area contributed by atoms with Crippen LogP contribution in [0.1, 0.15) is 13.8 Å². The van der Waals surface area contributed by atoms with E-state index in [2.05, 4.69) is 0 Å². The number of morpholine rings is 1. The van der Waals surface area contributed by atoms with Gasteiger partial charge < -0.3 is 14.4 Å². The van der Waals surface area contributed by atoms with Crippen molar-refractivity contribution in [2.75, 3.05) is 32.9 Å². The van der Waals surface area contributed by atoms with Crippen molar-refractivity contribution in [3.63, 3.8) is 0 Å². The molecule has 0 atom stereocenters. The van der Waals surface area contributed by atoms with Gasteiger partial charge in [0.25, 0.3) is 5.91 Å². The van der Waals surface area contributed by atoms with E-state index >= 15 is 0 Å². The maximum absolute atomic E-state index is 11.7. The molecule has 4 heteroatoms. The number of nitrogens with zero attached hydrogens (tertiary/aromatic N) is 1. The van der Waals surface area contributed by atoms with Crippen LogP contribution in [0.15, 0.2) is 24.0 Å². The highest BCUT2D eigenvalue weighted by atomic mass is 16.5. The lowest BCUT2D eigenvalue weighted by atomic mass is 10.4. The smallest absolute Gasteiger partial charge is 0.260 e. The number of ether oxygens (including phenoxy) is 2. The summed E-state index contributed by atoms with van der Waals surface area (Å²) < 4.78 is 10.6. The van der Waals surface area contributed by atoms with Crippen molar-refractivity contribution in [2.45, 2.75) is 13.8 Å². The highest BCUT2D eigenvalue weighted by Crippen LogP contribution is 2.02. The summed E-state index contributed by atoms with van der Waals surface area (Å²) in [5.41, 5.74) is 0.